The summed E-state index contributed by atoms with van der Waals surface area (Å²) in [6.07, 6.45) is -6.62. The number of halogens is 12. The van der Waals surface area contributed by atoms with Crippen LogP contribution in [0.3, 0.4) is 0 Å². The van der Waals surface area contributed by atoms with Gasteiger partial charge in [-0.1, -0.05) is 58.0 Å². The van der Waals surface area contributed by atoms with Crippen LogP contribution in [0.2, 0.25) is 0 Å². The van der Waals surface area contributed by atoms with E-state index in [4.69, 9.17) is 34.8 Å². The molecule has 0 aliphatic rings. The average Bonchev–Trinajstić information content (AvgIpc) is 1.98. The molecule has 0 aromatic heterocycles. The summed E-state index contributed by atoms with van der Waals surface area (Å²) in [6.45, 7) is 0. The highest BCUT2D eigenvalue weighted by molar-refractivity contribution is 6.75. The normalized spacial score (nSPS) is 16.2. The van der Waals surface area contributed by atoms with Gasteiger partial charge >= 0.3 is 18.0 Å². The van der Waals surface area contributed by atoms with Crippen molar-refractivity contribution in [3.05, 3.63) is 0 Å². The van der Waals surface area contributed by atoms with Gasteiger partial charge in [0.15, 0.2) is 0 Å². The van der Waals surface area contributed by atoms with E-state index in [2.05, 4.69) is 23.2 Å². The molecule has 12 heteroatoms. The van der Waals surface area contributed by atoms with E-state index in [1.54, 1.807) is 0 Å². The van der Waals surface area contributed by atoms with Crippen LogP contribution < -0.4 is 0 Å². The molecule has 0 unspecified atom stereocenters. The molecule has 0 aromatic rings. The second-order valence-corrected chi connectivity index (χ2v) is 6.33. The summed E-state index contributed by atoms with van der Waals surface area (Å²) in [7, 11) is 0. The van der Waals surface area contributed by atoms with Crippen molar-refractivity contribution in [3.63, 3.8) is 0 Å². The van der Waals surface area contributed by atoms with Crippen LogP contribution in [0.5, 0.6) is 0 Å². The lowest BCUT2D eigenvalue weighted by Crippen LogP contribution is -2.63. The molecule has 0 spiro atoms. The summed E-state index contributed by atoms with van der Waals surface area (Å²) in [4.78, 5) is 0. The van der Waals surface area contributed by atoms with Gasteiger partial charge in [0, 0.05) is 0 Å². The molecule has 0 atom stereocenters. The molecule has 0 N–H and O–H groups in total. The average molecular weight is 370 g/mol. The quantitative estimate of drug-likeness (QED) is 0.453. The Morgan fingerprint density at radius 2 is 0.824 bits per heavy atom. The SMILES string of the molecule is FC(F)(F)C(F)(F)C(F)(F)C(Cl)(Cl)C(Cl)(Cl)Cl. The van der Waals surface area contributed by atoms with E-state index in [1.807, 2.05) is 0 Å². The van der Waals surface area contributed by atoms with Crippen molar-refractivity contribution in [2.75, 3.05) is 0 Å². The zero-order chi connectivity index (χ0) is 14.5. The number of alkyl halides is 12. The first-order valence-electron chi connectivity index (χ1n) is 3.27. The summed E-state index contributed by atoms with van der Waals surface area (Å²) in [5.74, 6) is -12.6. The van der Waals surface area contributed by atoms with Crippen LogP contribution in [0.15, 0.2) is 0 Å². The second kappa shape index (κ2) is 4.51. The summed E-state index contributed by atoms with van der Waals surface area (Å²) >= 11 is 23.5. The first-order valence-corrected chi connectivity index (χ1v) is 5.16. The van der Waals surface area contributed by atoms with Crippen LogP contribution in [0.1, 0.15) is 0 Å². The monoisotopic (exact) mass is 368 g/mol. The molecular weight excluding hydrogens is 370 g/mol. The minimum Gasteiger partial charge on any atom is -0.196 e. The number of hydrogen-bond acceptors (Lipinski definition) is 0. The molecule has 0 aromatic carbocycles. The molecule has 0 amide bonds. The second-order valence-electron chi connectivity index (χ2n) is 2.72. The lowest BCUT2D eigenvalue weighted by atomic mass is 10.1. The van der Waals surface area contributed by atoms with Gasteiger partial charge in [0.2, 0.25) is 8.13 Å². The van der Waals surface area contributed by atoms with E-state index in [-0.39, 0.29) is 0 Å². The molecule has 0 saturated carbocycles. The smallest absolute Gasteiger partial charge is 0.196 e. The van der Waals surface area contributed by atoms with Gasteiger partial charge in [-0.25, -0.2) is 0 Å². The minimum atomic E-state index is -6.62. The molecule has 0 rings (SSSR count). The molecule has 104 valence electrons. The fourth-order valence-electron chi connectivity index (χ4n) is 0.553. The fraction of sp³-hybridized carbons (Fsp3) is 1.00. The Balaban J connectivity index is 5.73. The predicted octanol–water partition coefficient (Wildman–Crippen LogP) is 5.36. The largest absolute Gasteiger partial charge is 0.459 e. The highest BCUT2D eigenvalue weighted by Crippen LogP contribution is 2.61. The van der Waals surface area contributed by atoms with Gasteiger partial charge in [-0.3, -0.25) is 0 Å². The van der Waals surface area contributed by atoms with Crippen molar-refractivity contribution in [2.24, 2.45) is 0 Å². The van der Waals surface area contributed by atoms with Crippen LogP contribution in [-0.2, 0) is 0 Å². The van der Waals surface area contributed by atoms with E-state index in [1.165, 1.54) is 0 Å². The lowest BCUT2D eigenvalue weighted by molar-refractivity contribution is -0.357. The summed E-state index contributed by atoms with van der Waals surface area (Å²) < 4.78 is 78.5. The Hall–Kier alpha value is 0.960. The van der Waals surface area contributed by atoms with Crippen LogP contribution in [0.4, 0.5) is 30.7 Å². The molecule has 17 heavy (non-hydrogen) atoms. The molecule has 0 fully saturated rings. The standard InChI is InChI=1S/C5Cl5F7/c6-1(7,4(8,9)10)2(11,12)3(13,14)5(15,16)17. The highest BCUT2D eigenvalue weighted by atomic mass is 35.6. The summed E-state index contributed by atoms with van der Waals surface area (Å²) in [6, 6.07) is 0. The summed E-state index contributed by atoms with van der Waals surface area (Å²) in [5, 5.41) is 0. The number of hydrogen-bond donors (Lipinski definition) is 0. The first-order chi connectivity index (χ1) is 7.00. The van der Waals surface area contributed by atoms with Gasteiger partial charge < -0.3 is 0 Å². The first kappa shape index (κ1) is 18.0. The zero-order valence-electron chi connectivity index (χ0n) is 7.04. The topological polar surface area (TPSA) is 0 Å². The molecule has 0 aliphatic carbocycles. The van der Waals surface area contributed by atoms with Crippen molar-refractivity contribution in [1.29, 1.82) is 0 Å². The van der Waals surface area contributed by atoms with Crippen molar-refractivity contribution in [2.45, 2.75) is 26.1 Å². The van der Waals surface area contributed by atoms with E-state index < -0.39 is 26.1 Å². The van der Waals surface area contributed by atoms with Crippen LogP contribution in [0.25, 0.3) is 0 Å². The maximum atomic E-state index is 13.0. The molecule has 0 bridgehead atoms. The molecule has 0 saturated heterocycles. The van der Waals surface area contributed by atoms with Crippen LogP contribution >= 0.6 is 58.0 Å². The van der Waals surface area contributed by atoms with E-state index in [0.717, 1.165) is 0 Å². The Morgan fingerprint density at radius 1 is 0.529 bits per heavy atom. The maximum Gasteiger partial charge on any atom is 0.459 e. The molecular formula is C5Cl5F7. The van der Waals surface area contributed by atoms with Crippen molar-refractivity contribution in [1.82, 2.24) is 0 Å². The van der Waals surface area contributed by atoms with Crippen molar-refractivity contribution < 1.29 is 30.7 Å². The third-order valence-electron chi connectivity index (χ3n) is 1.50. The molecule has 0 heterocycles. The van der Waals surface area contributed by atoms with Crippen LogP contribution in [0, 0.1) is 0 Å². The minimum absolute atomic E-state index is 3.48. The van der Waals surface area contributed by atoms with Crippen molar-refractivity contribution >= 4 is 58.0 Å². The Bertz CT molecular complexity index is 262. The zero-order valence-corrected chi connectivity index (χ0v) is 10.8. The van der Waals surface area contributed by atoms with Crippen molar-refractivity contribution in [3.8, 4) is 0 Å². The maximum absolute atomic E-state index is 13.0. The highest BCUT2D eigenvalue weighted by Gasteiger charge is 2.82. The van der Waals surface area contributed by atoms with Crippen LogP contribution in [-0.4, -0.2) is 26.1 Å². The molecule has 0 radical (unpaired) electrons. The fourth-order valence-corrected chi connectivity index (χ4v) is 1.15. The van der Waals surface area contributed by atoms with E-state index in [0.29, 0.717) is 0 Å². The van der Waals surface area contributed by atoms with E-state index in [9.17, 15) is 30.7 Å². The van der Waals surface area contributed by atoms with Gasteiger partial charge in [0.05, 0.1) is 0 Å². The third-order valence-corrected chi connectivity index (χ3v) is 3.97. The predicted molar refractivity (Wildman–Crippen MR) is 50.7 cm³/mol. The number of rotatable bonds is 2. The third kappa shape index (κ3) is 2.78. The van der Waals surface area contributed by atoms with Gasteiger partial charge in [-0.05, 0) is 0 Å². The van der Waals surface area contributed by atoms with E-state index >= 15 is 0 Å². The summed E-state index contributed by atoms with van der Waals surface area (Å²) in [5.41, 5.74) is 0. The van der Waals surface area contributed by atoms with Gasteiger partial charge in [-0.2, -0.15) is 30.7 Å². The lowest BCUT2D eigenvalue weighted by Gasteiger charge is -2.39. The van der Waals surface area contributed by atoms with Gasteiger partial charge in [0.25, 0.3) is 0 Å². The van der Waals surface area contributed by atoms with Gasteiger partial charge in [-0.15, -0.1) is 0 Å². The van der Waals surface area contributed by atoms with Gasteiger partial charge in [0.1, 0.15) is 0 Å². The molecule has 0 aliphatic heterocycles. The Labute approximate surface area is 115 Å². The Kier molecular flexibility index (Phi) is 4.76. The Morgan fingerprint density at radius 3 is 1.00 bits per heavy atom. The molecule has 0 nitrogen and oxygen atoms in total.